The van der Waals surface area contributed by atoms with Gasteiger partial charge in [0.2, 0.25) is 59.1 Å². The maximum absolute atomic E-state index is 14.7. The van der Waals surface area contributed by atoms with Crippen molar-refractivity contribution < 1.29 is 169 Å². The predicted molar refractivity (Wildman–Crippen MR) is 425 cm³/mol. The van der Waals surface area contributed by atoms with Gasteiger partial charge in [0.25, 0.3) is 5.91 Å². The van der Waals surface area contributed by atoms with E-state index < -0.39 is 327 Å². The molecule has 2 aromatic heterocycles. The summed E-state index contributed by atoms with van der Waals surface area (Å²) in [5.74, 6) is -15.0. The van der Waals surface area contributed by atoms with Gasteiger partial charge < -0.3 is 161 Å². The number of aliphatic carboxylic acids is 4. The molecule has 125 heavy (non-hydrogen) atoms. The highest BCUT2D eigenvalue weighted by atomic mass is 33.1. The first kappa shape index (κ1) is 108. The van der Waals surface area contributed by atoms with Crippen molar-refractivity contribution in [3.63, 3.8) is 0 Å². The van der Waals surface area contributed by atoms with Crippen LogP contribution in [0.15, 0.2) is 35.6 Å². The molecule has 1 aromatic carbocycles. The zero-order valence-electron chi connectivity index (χ0n) is 66.6. The predicted octanol–water partition coefficient (Wildman–Crippen LogP) is -13.0. The zero-order chi connectivity index (χ0) is 94.1. The molecule has 0 aliphatic heterocycles. The number of carbonyl (C=O) groups excluding carboxylic acids is 11. The van der Waals surface area contributed by atoms with E-state index in [1.165, 1.54) is 30.5 Å². The molecule has 698 valence electrons. The van der Waals surface area contributed by atoms with Crippen LogP contribution in [0.1, 0.15) is 100 Å². The van der Waals surface area contributed by atoms with Crippen molar-refractivity contribution in [3.8, 4) is 0 Å². The summed E-state index contributed by atoms with van der Waals surface area (Å²) in [6, 6.07) is -10.3. The number of H-pyrrole nitrogens is 1. The molecule has 19 atom stereocenters. The molecule has 0 unspecified atom stereocenters. The quantitative estimate of drug-likeness (QED) is 0.00475. The number of carbonyl (C=O) groups is 15. The van der Waals surface area contributed by atoms with Gasteiger partial charge in [-0.05, 0) is 62.8 Å². The number of nitrogens with zero attached hydrogens (tertiary/aromatic N) is 5. The first-order chi connectivity index (χ1) is 58.9. The molecule has 10 amide bonds. The monoisotopic (exact) mass is 1820 g/mol. The second-order valence-electron chi connectivity index (χ2n) is 27.7. The van der Waals surface area contributed by atoms with E-state index in [1.807, 2.05) is 0 Å². The fraction of sp³-hybridized carbons (Fsp3) is 0.609. The highest BCUT2D eigenvalue weighted by Crippen LogP contribution is 2.23. The van der Waals surface area contributed by atoms with Gasteiger partial charge in [-0.1, -0.05) is 26.8 Å². The Morgan fingerprint density at radius 1 is 0.520 bits per heavy atom. The molecule has 54 nitrogen and oxygen atoms in total. The molecular formula is C69H105N19O35S2. The van der Waals surface area contributed by atoms with E-state index in [9.17, 15) is 164 Å². The summed E-state index contributed by atoms with van der Waals surface area (Å²) in [5.41, 5.74) is 6.80. The van der Waals surface area contributed by atoms with Crippen LogP contribution in [0.5, 0.6) is 0 Å². The van der Waals surface area contributed by atoms with Crippen LogP contribution >= 0.6 is 21.6 Å². The van der Waals surface area contributed by atoms with Crippen LogP contribution in [-0.4, -0.2) is 379 Å². The molecule has 0 aliphatic rings. The number of nitrogens with one attached hydrogen (secondary N) is 12. The Hall–Kier alpha value is -11.2. The number of aliphatic hydroxyl groups excluding tert-OH is 14. The number of carboxylic acid groups (broad SMARTS) is 4. The molecule has 0 saturated heterocycles. The van der Waals surface area contributed by atoms with Gasteiger partial charge in [-0.3, -0.25) is 72.7 Å². The summed E-state index contributed by atoms with van der Waals surface area (Å²) in [4.78, 5) is 226. The molecule has 3 aromatic rings. The summed E-state index contributed by atoms with van der Waals surface area (Å²) >= 11 is 0. The molecule has 0 fully saturated rings. The number of anilines is 2. The Bertz CT molecular complexity index is 4190. The number of nitroso groups, excluding NO2 is 1. The third kappa shape index (κ3) is 38.0. The van der Waals surface area contributed by atoms with Crippen LogP contribution in [0.2, 0.25) is 0 Å². The lowest BCUT2D eigenvalue weighted by atomic mass is 10.0. The number of hydrogen-bond donors (Lipinski definition) is 32. The number of amides is 10. The number of nitrogen functional groups attached to an aromatic ring is 1. The first-order valence-corrected chi connectivity index (χ1v) is 40.4. The van der Waals surface area contributed by atoms with E-state index in [-0.39, 0.29) is 52.1 Å². The highest BCUT2D eigenvalue weighted by Gasteiger charge is 2.39. The Kier molecular flexibility index (Phi) is 47.7. The Morgan fingerprint density at radius 3 is 1.38 bits per heavy atom. The Balaban J connectivity index is 1.92. The number of carboxylic acids is 4. The molecule has 2 heterocycles. The number of ether oxygens (including phenoxy) is 1. The number of aromatic amines is 1. The van der Waals surface area contributed by atoms with E-state index in [2.05, 4.69) is 78.3 Å². The average Bonchev–Trinajstić information content (AvgIpc) is 0.810. The molecule has 0 spiro atoms. The number of nitrogens with two attached hydrogens (primary N) is 2. The van der Waals surface area contributed by atoms with E-state index in [4.69, 9.17) is 26.8 Å². The van der Waals surface area contributed by atoms with Crippen molar-refractivity contribution in [3.05, 3.63) is 52.1 Å². The first-order valence-electron chi connectivity index (χ1n) is 37.9. The number of aromatic nitrogens is 4. The number of hydrazine groups is 1. The van der Waals surface area contributed by atoms with E-state index in [1.54, 1.807) is 0 Å². The van der Waals surface area contributed by atoms with Crippen molar-refractivity contribution in [2.75, 3.05) is 68.6 Å². The van der Waals surface area contributed by atoms with E-state index in [0.29, 0.717) is 11.4 Å². The van der Waals surface area contributed by atoms with Crippen molar-refractivity contribution in [2.45, 2.75) is 206 Å². The summed E-state index contributed by atoms with van der Waals surface area (Å²) < 4.78 is 5.19. The minimum Gasteiger partial charge on any atom is -0.481 e. The van der Waals surface area contributed by atoms with Crippen molar-refractivity contribution >= 4 is 133 Å². The normalized spacial score (nSPS) is 15.9. The number of aliphatic hydroxyl groups is 14. The lowest BCUT2D eigenvalue weighted by Crippen LogP contribution is -2.60. The highest BCUT2D eigenvalue weighted by molar-refractivity contribution is 8.76. The molecule has 0 aliphatic carbocycles. The second-order valence-corrected chi connectivity index (χ2v) is 30.3. The summed E-state index contributed by atoms with van der Waals surface area (Å²) in [7, 11) is 1.62. The molecule has 0 saturated carbocycles. The van der Waals surface area contributed by atoms with Crippen molar-refractivity contribution in [1.82, 2.24) is 72.8 Å². The van der Waals surface area contributed by atoms with Crippen molar-refractivity contribution in [1.29, 1.82) is 5.41 Å². The lowest BCUT2D eigenvalue weighted by molar-refractivity contribution is -0.144. The minimum atomic E-state index is -2.24. The Morgan fingerprint density at radius 2 is 0.936 bits per heavy atom. The average molecular weight is 1820 g/mol. The van der Waals surface area contributed by atoms with Gasteiger partial charge in [0.05, 0.1) is 50.5 Å². The molecule has 56 heteroatoms. The largest absolute Gasteiger partial charge is 0.481 e. The molecule has 0 bridgehead atoms. The second kappa shape index (κ2) is 55.2. The summed E-state index contributed by atoms with van der Waals surface area (Å²) in [6.45, 7) is -5.38. The van der Waals surface area contributed by atoms with E-state index in [0.717, 1.165) is 28.5 Å². The van der Waals surface area contributed by atoms with Gasteiger partial charge in [-0.25, -0.2) is 25.4 Å². The topological polar surface area (TPSA) is 913 Å². The third-order valence-corrected chi connectivity index (χ3v) is 20.6. The van der Waals surface area contributed by atoms with Gasteiger partial charge in [-0.2, -0.15) is 9.89 Å². The van der Waals surface area contributed by atoms with E-state index >= 15 is 0 Å². The number of hydrogen-bond acceptors (Lipinski definition) is 41. The summed E-state index contributed by atoms with van der Waals surface area (Å²) in [5, 5.41) is 212. The molecule has 0 radical (unpaired) electrons. The van der Waals surface area contributed by atoms with Crippen LogP contribution in [0.4, 0.5) is 11.6 Å². The fourth-order valence-electron chi connectivity index (χ4n) is 10.9. The Labute approximate surface area is 715 Å². The van der Waals surface area contributed by atoms with Crippen LogP contribution in [0.3, 0.4) is 0 Å². The fourth-order valence-corrected chi connectivity index (χ4v) is 12.8. The van der Waals surface area contributed by atoms with Gasteiger partial charge in [0.1, 0.15) is 110 Å². The van der Waals surface area contributed by atoms with Crippen LogP contribution < -0.4 is 70.2 Å². The SMILES string of the molecule is CC(=O)N(N)[C@@H](CCC(=O)NC[C@H](O)[C@@H](O)[C@H](O)[C@H](O)CO)C(=O)N[C@@H](CCC(=O)O)C(=O)N[C@@H](CCC(=O)NC[C@H](O)[C@@H](O)[C@H](O)[C@H](O)CO)C(=O)N[C@@H](CCC(=O)O)C(=O)N[C@@H](CCC(=O)NC[C@H](N=O)[C@@H](O)[C@H](O)[C@H](O)CO)C(=O)N[C@@H](CSSCCOC(=O)CC[C@H](NC(=O)c1ccc(NCc2cnc3nc(N)[nH]c(=N)c3n2)cc1)C(=O)O)C(=O)O. The third-order valence-electron chi connectivity index (χ3n) is 18.2. The van der Waals surface area contributed by atoms with Gasteiger partial charge in [0, 0.05) is 87.8 Å². The van der Waals surface area contributed by atoms with Gasteiger partial charge in [-0.15, -0.1) is 0 Å². The molecule has 34 N–H and O–H groups in total. The van der Waals surface area contributed by atoms with Crippen LogP contribution in [-0.2, 0) is 78.4 Å². The molecule has 3 rings (SSSR count). The maximum atomic E-state index is 14.7. The smallest absolute Gasteiger partial charge is 0.327 e. The number of rotatable bonds is 61. The molecular weight excluding hydrogens is 1720 g/mol. The number of benzene rings is 1. The lowest BCUT2D eigenvalue weighted by Gasteiger charge is -2.29. The minimum absolute atomic E-state index is 0.0254. The number of esters is 1. The van der Waals surface area contributed by atoms with Crippen molar-refractivity contribution in [2.24, 2.45) is 11.0 Å². The summed E-state index contributed by atoms with van der Waals surface area (Å²) in [6.07, 6.45) is -31.9. The van der Waals surface area contributed by atoms with Crippen LogP contribution in [0.25, 0.3) is 11.2 Å². The van der Waals surface area contributed by atoms with Crippen LogP contribution in [0, 0.1) is 10.3 Å². The number of fused-ring (bicyclic) bond motifs is 1. The standard InChI is InChI=1S/C69H105N19O35S2/c1-29(92)88(72)40(11-14-48(100)76-24-42(94)55(108)58(111)45(97)27-91)66(117)82-36(9-16-50(103)104)64(115)79-33(7-13-47(99)75-23-41(93)54(107)57(110)44(96)26-90)62(113)81-35(8-15-49(101)102)63(114)80-34(6-12-46(98)74-22-38(87-122)53(106)56(109)43(95)25-89)65(116)84-39(68(120)121)28-125-124-19-18-123-51(105)17-10-37(67(118)119)83-61(112)30-2-4-31(5-3-30)73-20-32-21-77-60-52(78-32)59(70)85-69(71)86-60/h2-5,21,33-45,53-58,73,89-91,93-97,106-111H,6-20,22-28,72H2,1H3,(H,74,98)(H,75,99)(H,76,100)(H,79,115)(H,80,114)(H,81,113)(H,82,117)(H,83,112)(H,84,116)(H,101,102)(H,103,104)(H,118,119)(H,120,121)(H4,70,71,77,85,86)/t33-,34-,35-,36-,37-,38-,39-,40-,41-,42-,43+,44+,45+,53+,54+,55+,56+,57+,58+/m0/s1. The maximum Gasteiger partial charge on any atom is 0.327 e. The van der Waals surface area contributed by atoms with Gasteiger partial charge >= 0.3 is 29.8 Å². The van der Waals surface area contributed by atoms with Gasteiger partial charge in [0.15, 0.2) is 16.7 Å². The zero-order valence-corrected chi connectivity index (χ0v) is 68.2.